The molecule has 3 aromatic rings. The zero-order valence-corrected chi connectivity index (χ0v) is 13.4. The molecule has 24 heavy (non-hydrogen) atoms. The summed E-state index contributed by atoms with van der Waals surface area (Å²) >= 11 is 0. The molecule has 0 aliphatic rings. The molecule has 3 rings (SSSR count). The van der Waals surface area contributed by atoms with Crippen LogP contribution in [0, 0.1) is 0 Å². The zero-order valence-electron chi connectivity index (χ0n) is 13.4. The second-order valence-electron chi connectivity index (χ2n) is 5.02. The maximum Gasteiger partial charge on any atom is 0.229 e. The number of ether oxygens (including phenoxy) is 1. The maximum absolute atomic E-state index is 5.64. The summed E-state index contributed by atoms with van der Waals surface area (Å²) in [5.41, 5.74) is 5.27. The quantitative estimate of drug-likeness (QED) is 0.475. The lowest BCUT2D eigenvalue weighted by Gasteiger charge is -2.13. The van der Waals surface area contributed by atoms with Crippen molar-refractivity contribution in [3.05, 3.63) is 60.8 Å². The third-order valence-electron chi connectivity index (χ3n) is 3.44. The van der Waals surface area contributed by atoms with Crippen LogP contribution in [0.3, 0.4) is 0 Å². The van der Waals surface area contributed by atoms with E-state index in [2.05, 4.69) is 20.7 Å². The van der Waals surface area contributed by atoms with E-state index >= 15 is 0 Å². The molecule has 6 nitrogen and oxygen atoms in total. The molecule has 0 unspecified atom stereocenters. The predicted octanol–water partition coefficient (Wildman–Crippen LogP) is 3.57. The fourth-order valence-corrected chi connectivity index (χ4v) is 2.35. The summed E-state index contributed by atoms with van der Waals surface area (Å²) < 4.78 is 5.60. The first-order valence-electron chi connectivity index (χ1n) is 7.69. The molecule has 0 spiro atoms. The van der Waals surface area contributed by atoms with Crippen molar-refractivity contribution < 1.29 is 4.74 Å². The van der Waals surface area contributed by atoms with Gasteiger partial charge in [-0.1, -0.05) is 42.5 Å². The molecule has 0 amide bonds. The Bertz CT molecular complexity index is 808. The Hall–Kier alpha value is -3.12. The molecule has 4 N–H and O–H groups in total. The summed E-state index contributed by atoms with van der Waals surface area (Å²) in [6, 6.07) is 17.5. The minimum atomic E-state index is 0.440. The number of nitrogens with zero attached hydrogens (tertiary/aromatic N) is 2. The SMILES string of the molecule is CCOc1ccccc1Nc1ncc(-c2ccccc2)c(NN)n1. The van der Waals surface area contributed by atoms with Crippen molar-refractivity contribution in [2.75, 3.05) is 17.3 Å². The van der Waals surface area contributed by atoms with E-state index in [1.54, 1.807) is 6.20 Å². The standard InChI is InChI=1S/C18H19N5O/c1-2-24-16-11-7-6-10-15(16)21-18-20-12-14(17(22-18)23-19)13-8-4-3-5-9-13/h3-12H,2,19H2,1H3,(H2,20,21,22,23). The van der Waals surface area contributed by atoms with E-state index in [4.69, 9.17) is 10.6 Å². The number of nitrogens with two attached hydrogens (primary N) is 1. The molecule has 122 valence electrons. The Labute approximate surface area is 140 Å². The lowest BCUT2D eigenvalue weighted by atomic mass is 10.1. The van der Waals surface area contributed by atoms with Crippen molar-refractivity contribution in [3.8, 4) is 16.9 Å². The number of rotatable bonds is 6. The van der Waals surface area contributed by atoms with Crippen molar-refractivity contribution in [2.24, 2.45) is 5.84 Å². The first kappa shape index (κ1) is 15.8. The van der Waals surface area contributed by atoms with Gasteiger partial charge in [-0.15, -0.1) is 0 Å². The first-order chi connectivity index (χ1) is 11.8. The molecule has 0 saturated carbocycles. The van der Waals surface area contributed by atoms with Gasteiger partial charge in [-0.05, 0) is 24.6 Å². The van der Waals surface area contributed by atoms with E-state index in [9.17, 15) is 0 Å². The zero-order chi connectivity index (χ0) is 16.8. The highest BCUT2D eigenvalue weighted by molar-refractivity contribution is 5.75. The lowest BCUT2D eigenvalue weighted by Crippen LogP contribution is -2.11. The van der Waals surface area contributed by atoms with Crippen LogP contribution in [0.5, 0.6) is 5.75 Å². The van der Waals surface area contributed by atoms with E-state index < -0.39 is 0 Å². The molecule has 0 atom stereocenters. The van der Waals surface area contributed by atoms with Gasteiger partial charge < -0.3 is 15.5 Å². The van der Waals surface area contributed by atoms with E-state index in [1.807, 2.05) is 61.5 Å². The number of aromatic nitrogens is 2. The number of anilines is 3. The molecule has 1 aromatic heterocycles. The van der Waals surface area contributed by atoms with E-state index in [1.165, 1.54) is 0 Å². The minimum absolute atomic E-state index is 0.440. The van der Waals surface area contributed by atoms with E-state index in [0.29, 0.717) is 18.4 Å². The van der Waals surface area contributed by atoms with Gasteiger partial charge in [0.1, 0.15) is 5.75 Å². The highest BCUT2D eigenvalue weighted by Crippen LogP contribution is 2.29. The molecule has 0 aliphatic carbocycles. The van der Waals surface area contributed by atoms with E-state index in [0.717, 1.165) is 22.6 Å². The monoisotopic (exact) mass is 321 g/mol. The Kier molecular flexibility index (Phi) is 4.88. The van der Waals surface area contributed by atoms with Crippen LogP contribution in [0.1, 0.15) is 6.92 Å². The fourth-order valence-electron chi connectivity index (χ4n) is 2.35. The third kappa shape index (κ3) is 3.44. The van der Waals surface area contributed by atoms with Crippen LogP contribution in [-0.4, -0.2) is 16.6 Å². The van der Waals surface area contributed by atoms with Gasteiger partial charge in [0.25, 0.3) is 0 Å². The van der Waals surface area contributed by atoms with Crippen LogP contribution in [0.25, 0.3) is 11.1 Å². The van der Waals surface area contributed by atoms with Gasteiger partial charge in [-0.25, -0.2) is 10.8 Å². The summed E-state index contributed by atoms with van der Waals surface area (Å²) in [7, 11) is 0. The third-order valence-corrected chi connectivity index (χ3v) is 3.44. The highest BCUT2D eigenvalue weighted by atomic mass is 16.5. The van der Waals surface area contributed by atoms with Crippen LogP contribution in [0.2, 0.25) is 0 Å². The smallest absolute Gasteiger partial charge is 0.229 e. The fraction of sp³-hybridized carbons (Fsp3) is 0.111. The number of hydrogen-bond donors (Lipinski definition) is 3. The highest BCUT2D eigenvalue weighted by Gasteiger charge is 2.10. The molecule has 0 saturated heterocycles. The average molecular weight is 321 g/mol. The molecule has 0 bridgehead atoms. The van der Waals surface area contributed by atoms with Crippen molar-refractivity contribution in [1.29, 1.82) is 0 Å². The molecule has 2 aromatic carbocycles. The van der Waals surface area contributed by atoms with Gasteiger partial charge in [-0.2, -0.15) is 4.98 Å². The number of para-hydroxylation sites is 2. The summed E-state index contributed by atoms with van der Waals surface area (Å²) in [4.78, 5) is 8.84. The Balaban J connectivity index is 1.91. The molecule has 6 heteroatoms. The normalized spacial score (nSPS) is 10.2. The maximum atomic E-state index is 5.64. The van der Waals surface area contributed by atoms with Gasteiger partial charge >= 0.3 is 0 Å². The number of hydrazine groups is 1. The van der Waals surface area contributed by atoms with Crippen molar-refractivity contribution in [1.82, 2.24) is 9.97 Å². The summed E-state index contributed by atoms with van der Waals surface area (Å²) in [6.07, 6.45) is 1.74. The number of nitrogens with one attached hydrogen (secondary N) is 2. The van der Waals surface area contributed by atoms with Crippen LogP contribution in [0.4, 0.5) is 17.5 Å². The summed E-state index contributed by atoms with van der Waals surface area (Å²) in [6.45, 7) is 2.53. The number of nitrogen functional groups attached to an aromatic ring is 1. The number of hydrogen-bond acceptors (Lipinski definition) is 6. The van der Waals surface area contributed by atoms with Gasteiger partial charge in [0.2, 0.25) is 5.95 Å². The lowest BCUT2D eigenvalue weighted by molar-refractivity contribution is 0.342. The predicted molar refractivity (Wildman–Crippen MR) is 96.2 cm³/mol. The first-order valence-corrected chi connectivity index (χ1v) is 7.69. The largest absolute Gasteiger partial charge is 0.492 e. The Morgan fingerprint density at radius 1 is 1.04 bits per heavy atom. The van der Waals surface area contributed by atoms with E-state index in [-0.39, 0.29) is 0 Å². The van der Waals surface area contributed by atoms with Crippen LogP contribution < -0.4 is 21.3 Å². The van der Waals surface area contributed by atoms with Crippen LogP contribution >= 0.6 is 0 Å². The Morgan fingerprint density at radius 2 is 1.79 bits per heavy atom. The molecule has 0 aliphatic heterocycles. The molecular weight excluding hydrogens is 302 g/mol. The second-order valence-corrected chi connectivity index (χ2v) is 5.02. The molecule has 0 fully saturated rings. The van der Waals surface area contributed by atoms with Gasteiger partial charge in [0.05, 0.1) is 12.3 Å². The second kappa shape index (κ2) is 7.43. The summed E-state index contributed by atoms with van der Waals surface area (Å²) in [5.74, 6) is 7.37. The Morgan fingerprint density at radius 3 is 2.54 bits per heavy atom. The summed E-state index contributed by atoms with van der Waals surface area (Å²) in [5, 5.41) is 3.17. The van der Waals surface area contributed by atoms with Gasteiger partial charge in [0, 0.05) is 11.8 Å². The van der Waals surface area contributed by atoms with Gasteiger partial charge in [-0.3, -0.25) is 0 Å². The van der Waals surface area contributed by atoms with Crippen LogP contribution in [0.15, 0.2) is 60.8 Å². The molecular formula is C18H19N5O. The van der Waals surface area contributed by atoms with Crippen LogP contribution in [-0.2, 0) is 0 Å². The van der Waals surface area contributed by atoms with Crippen molar-refractivity contribution in [3.63, 3.8) is 0 Å². The van der Waals surface area contributed by atoms with Crippen molar-refractivity contribution >= 4 is 17.5 Å². The minimum Gasteiger partial charge on any atom is -0.492 e. The topological polar surface area (TPSA) is 85.1 Å². The molecule has 1 heterocycles. The average Bonchev–Trinajstić information content (AvgIpc) is 2.64. The van der Waals surface area contributed by atoms with Gasteiger partial charge in [0.15, 0.2) is 5.82 Å². The number of benzene rings is 2. The molecule has 0 radical (unpaired) electrons. The van der Waals surface area contributed by atoms with Crippen molar-refractivity contribution in [2.45, 2.75) is 6.92 Å².